The van der Waals surface area contributed by atoms with Gasteiger partial charge in [-0.3, -0.25) is 9.05 Å². The van der Waals surface area contributed by atoms with Gasteiger partial charge in [0.1, 0.15) is 19.3 Å². The lowest BCUT2D eigenvalue weighted by Gasteiger charge is -2.24. The molecule has 0 aliphatic rings. The Hall–Kier alpha value is -0.0100. The quantitative estimate of drug-likeness (QED) is 0.0398. The van der Waals surface area contributed by atoms with Crippen molar-refractivity contribution >= 4 is 7.82 Å². The fraction of sp³-hybridized carbons (Fsp3) is 1.00. The monoisotopic (exact) mass is 679 g/mol. The molecule has 0 aromatic heterocycles. The van der Waals surface area contributed by atoms with Crippen LogP contribution in [0.2, 0.25) is 0 Å². The fourth-order valence-corrected chi connectivity index (χ4v) is 6.34. The predicted molar refractivity (Wildman–Crippen MR) is 197 cm³/mol. The highest BCUT2D eigenvalue weighted by Crippen LogP contribution is 2.43. The molecule has 0 spiro atoms. The summed E-state index contributed by atoms with van der Waals surface area (Å²) < 4.78 is 35.6. The summed E-state index contributed by atoms with van der Waals surface area (Å²) >= 11 is 0. The van der Waals surface area contributed by atoms with E-state index >= 15 is 0 Å². The summed E-state index contributed by atoms with van der Waals surface area (Å²) in [6.07, 6.45) is 33.9. The van der Waals surface area contributed by atoms with Crippen LogP contribution in [0, 0.1) is 0 Å². The zero-order valence-electron chi connectivity index (χ0n) is 31.6. The van der Waals surface area contributed by atoms with E-state index < -0.39 is 7.82 Å². The Balaban J connectivity index is 4.10. The molecule has 0 radical (unpaired) electrons. The van der Waals surface area contributed by atoms with Gasteiger partial charge in [0.15, 0.2) is 0 Å². The highest BCUT2D eigenvalue weighted by Gasteiger charge is 2.25. The molecule has 0 aliphatic carbocycles. The van der Waals surface area contributed by atoms with Gasteiger partial charge in [-0.1, -0.05) is 168 Å². The van der Waals surface area contributed by atoms with Crippen molar-refractivity contribution in [1.82, 2.24) is 0 Å². The number of rotatable bonds is 38. The maximum atomic E-state index is 12.4. The molecule has 278 valence electrons. The molecule has 0 saturated heterocycles. The van der Waals surface area contributed by atoms with Crippen molar-refractivity contribution in [3.63, 3.8) is 0 Å². The molecule has 0 aliphatic heterocycles. The Bertz CT molecular complexity index is 660. The van der Waals surface area contributed by atoms with E-state index in [2.05, 4.69) is 13.8 Å². The molecule has 46 heavy (non-hydrogen) atoms. The van der Waals surface area contributed by atoms with Crippen LogP contribution in [-0.2, 0) is 23.1 Å². The first-order valence-corrected chi connectivity index (χ1v) is 21.3. The van der Waals surface area contributed by atoms with Gasteiger partial charge in [0.05, 0.1) is 34.4 Å². The number of phosphoric acid groups is 1. The van der Waals surface area contributed by atoms with Crippen molar-refractivity contribution in [3.8, 4) is 0 Å². The molecule has 8 heteroatoms. The fourth-order valence-electron chi connectivity index (χ4n) is 5.60. The van der Waals surface area contributed by atoms with Crippen LogP contribution in [0.3, 0.4) is 0 Å². The van der Waals surface area contributed by atoms with Crippen molar-refractivity contribution in [2.75, 3.05) is 60.7 Å². The molecule has 0 aromatic rings. The summed E-state index contributed by atoms with van der Waals surface area (Å²) in [6.45, 7) is 7.00. The third kappa shape index (κ3) is 36.8. The summed E-state index contributed by atoms with van der Waals surface area (Å²) in [5.74, 6) is 0. The molecule has 0 heterocycles. The Kier molecular flexibility index (Phi) is 33.5. The van der Waals surface area contributed by atoms with Crippen LogP contribution in [0.4, 0.5) is 0 Å². The number of quaternary nitrogens is 1. The molecule has 1 N–H and O–H groups in total. The molecule has 0 saturated carbocycles. The van der Waals surface area contributed by atoms with Crippen LogP contribution >= 0.6 is 7.82 Å². The molecule has 0 amide bonds. The lowest BCUT2D eigenvalue weighted by Crippen LogP contribution is -2.37. The molecule has 7 nitrogen and oxygen atoms in total. The van der Waals surface area contributed by atoms with Crippen LogP contribution in [0.5, 0.6) is 0 Å². The van der Waals surface area contributed by atoms with Gasteiger partial charge >= 0.3 is 7.82 Å². The minimum Gasteiger partial charge on any atom is -0.379 e. The Morgan fingerprint density at radius 1 is 0.500 bits per heavy atom. The predicted octanol–water partition coefficient (Wildman–Crippen LogP) is 11.4. The SMILES string of the molecule is CCCCCCCCCCCCCCCCOC(COCCCCCCCCCCCCCC)COP(=O)(O)OCC[N+](C)(C)C. The first-order valence-electron chi connectivity index (χ1n) is 19.8. The Morgan fingerprint density at radius 2 is 0.870 bits per heavy atom. The first kappa shape index (κ1) is 46.0. The van der Waals surface area contributed by atoms with Crippen molar-refractivity contribution in [2.24, 2.45) is 0 Å². The zero-order valence-corrected chi connectivity index (χ0v) is 32.5. The maximum absolute atomic E-state index is 12.4. The molecule has 0 bridgehead atoms. The molecule has 0 fully saturated rings. The average Bonchev–Trinajstić information content (AvgIpc) is 3.00. The second kappa shape index (κ2) is 33.5. The van der Waals surface area contributed by atoms with Crippen molar-refractivity contribution in [1.29, 1.82) is 0 Å². The second-order valence-corrected chi connectivity index (χ2v) is 16.1. The lowest BCUT2D eigenvalue weighted by atomic mass is 10.0. The number of ether oxygens (including phenoxy) is 2. The molecular formula is C38H81NO6P+. The van der Waals surface area contributed by atoms with Gasteiger partial charge in [-0.05, 0) is 12.8 Å². The van der Waals surface area contributed by atoms with Crippen LogP contribution in [0.15, 0.2) is 0 Å². The standard InChI is InChI=1S/C38H80NO6P/c1-6-8-10-12-14-16-18-20-21-23-25-27-29-31-34-43-38(37-45-46(40,41)44-35-32-39(3,4)5)36-42-33-30-28-26-24-22-19-17-15-13-11-9-7-2/h38H,6-37H2,1-5H3/p+1. The van der Waals surface area contributed by atoms with Gasteiger partial charge in [0.25, 0.3) is 0 Å². The van der Waals surface area contributed by atoms with E-state index in [1.54, 1.807) is 0 Å². The van der Waals surface area contributed by atoms with E-state index in [9.17, 15) is 9.46 Å². The largest absolute Gasteiger partial charge is 0.472 e. The molecule has 2 atom stereocenters. The number of phosphoric ester groups is 1. The van der Waals surface area contributed by atoms with Crippen LogP contribution in [-0.4, -0.2) is 76.2 Å². The van der Waals surface area contributed by atoms with Crippen molar-refractivity contribution in [2.45, 2.75) is 187 Å². The second-order valence-electron chi connectivity index (χ2n) is 14.7. The van der Waals surface area contributed by atoms with E-state index in [1.807, 2.05) is 21.1 Å². The third-order valence-corrected chi connectivity index (χ3v) is 9.72. The zero-order chi connectivity index (χ0) is 34.0. The third-order valence-electron chi connectivity index (χ3n) is 8.74. The summed E-state index contributed by atoms with van der Waals surface area (Å²) in [4.78, 5) is 10.2. The van der Waals surface area contributed by atoms with Crippen molar-refractivity contribution in [3.05, 3.63) is 0 Å². The van der Waals surface area contributed by atoms with Crippen LogP contribution in [0.1, 0.15) is 181 Å². The topological polar surface area (TPSA) is 74.2 Å². The average molecular weight is 679 g/mol. The summed E-state index contributed by atoms with van der Waals surface area (Å²) in [7, 11) is 1.92. The number of hydrogen-bond donors (Lipinski definition) is 1. The summed E-state index contributed by atoms with van der Waals surface area (Å²) in [5.41, 5.74) is 0. The number of unbranched alkanes of at least 4 members (excludes halogenated alkanes) is 24. The highest BCUT2D eigenvalue weighted by atomic mass is 31.2. The van der Waals surface area contributed by atoms with E-state index in [4.69, 9.17) is 18.5 Å². The van der Waals surface area contributed by atoms with Gasteiger partial charge < -0.3 is 18.9 Å². The van der Waals surface area contributed by atoms with E-state index in [-0.39, 0.29) is 19.3 Å². The molecule has 0 rings (SSSR count). The van der Waals surface area contributed by atoms with Crippen molar-refractivity contribution < 1.29 is 32.5 Å². The lowest BCUT2D eigenvalue weighted by molar-refractivity contribution is -0.870. The van der Waals surface area contributed by atoms with Gasteiger partial charge in [0.2, 0.25) is 0 Å². The van der Waals surface area contributed by atoms with E-state index in [1.165, 1.54) is 148 Å². The van der Waals surface area contributed by atoms with Gasteiger partial charge in [-0.25, -0.2) is 4.57 Å². The molecule has 2 unspecified atom stereocenters. The van der Waals surface area contributed by atoms with E-state index in [0.29, 0.717) is 30.8 Å². The summed E-state index contributed by atoms with van der Waals surface area (Å²) in [6, 6.07) is 0. The Morgan fingerprint density at radius 3 is 1.26 bits per heavy atom. The smallest absolute Gasteiger partial charge is 0.379 e. The number of nitrogens with zero attached hydrogens (tertiary/aromatic N) is 1. The molecule has 0 aromatic carbocycles. The van der Waals surface area contributed by atoms with Gasteiger partial charge in [-0.2, -0.15) is 0 Å². The van der Waals surface area contributed by atoms with Gasteiger partial charge in [-0.15, -0.1) is 0 Å². The van der Waals surface area contributed by atoms with Crippen LogP contribution in [0.25, 0.3) is 0 Å². The van der Waals surface area contributed by atoms with Gasteiger partial charge in [0, 0.05) is 13.2 Å². The summed E-state index contributed by atoms with van der Waals surface area (Å²) in [5, 5.41) is 0. The maximum Gasteiger partial charge on any atom is 0.472 e. The first-order chi connectivity index (χ1) is 22.2. The van der Waals surface area contributed by atoms with E-state index in [0.717, 1.165) is 19.3 Å². The Labute approximate surface area is 287 Å². The molecular weight excluding hydrogens is 597 g/mol. The highest BCUT2D eigenvalue weighted by molar-refractivity contribution is 7.47. The minimum absolute atomic E-state index is 0.00476. The normalized spacial score (nSPS) is 14.1. The minimum atomic E-state index is -4.13. The van der Waals surface area contributed by atoms with Crippen LogP contribution < -0.4 is 0 Å². The number of likely N-dealkylation sites (N-methyl/N-ethyl adjacent to an activating group) is 1. The number of hydrogen-bond acceptors (Lipinski definition) is 5.